The van der Waals surface area contributed by atoms with Crippen LogP contribution in [0.5, 0.6) is 5.75 Å². The quantitative estimate of drug-likeness (QED) is 0.784. The number of fused-ring (bicyclic) bond motifs is 1. The van der Waals surface area contributed by atoms with Crippen LogP contribution >= 0.6 is 12.2 Å². The van der Waals surface area contributed by atoms with Crippen molar-refractivity contribution < 1.29 is 4.74 Å². The van der Waals surface area contributed by atoms with Crippen molar-refractivity contribution in [3.8, 4) is 5.75 Å². The second-order valence-electron chi connectivity index (χ2n) is 4.19. The molecule has 1 aromatic carbocycles. The Labute approximate surface area is 104 Å². The van der Waals surface area contributed by atoms with E-state index in [-0.39, 0.29) is 5.92 Å². The molecule has 86 valence electrons. The molecule has 1 aliphatic rings. The first-order valence-electron chi connectivity index (χ1n) is 5.53. The van der Waals surface area contributed by atoms with E-state index < -0.39 is 0 Å². The van der Waals surface area contributed by atoms with Gasteiger partial charge in [-0.25, -0.2) is 4.98 Å². The van der Waals surface area contributed by atoms with Gasteiger partial charge < -0.3 is 9.72 Å². The van der Waals surface area contributed by atoms with Crippen molar-refractivity contribution in [2.45, 2.75) is 12.8 Å². The third kappa shape index (κ3) is 1.85. The fraction of sp³-hybridized carbons (Fsp3) is 0.231. The molecule has 1 aromatic heterocycles. The number of para-hydroxylation sites is 1. The lowest BCUT2D eigenvalue weighted by Crippen LogP contribution is -2.08. The molecule has 1 aliphatic heterocycles. The topological polar surface area (TPSA) is 37.9 Å². The highest BCUT2D eigenvalue weighted by Gasteiger charge is 2.26. The van der Waals surface area contributed by atoms with Crippen LogP contribution in [0.1, 0.15) is 23.0 Å². The van der Waals surface area contributed by atoms with Crippen LogP contribution < -0.4 is 4.74 Å². The average molecular weight is 244 g/mol. The monoisotopic (exact) mass is 244 g/mol. The van der Waals surface area contributed by atoms with Gasteiger partial charge in [0.1, 0.15) is 22.8 Å². The summed E-state index contributed by atoms with van der Waals surface area (Å²) in [6.45, 7) is 2.61. The maximum Gasteiger partial charge on any atom is 0.130 e. The largest absolute Gasteiger partial charge is 0.492 e. The third-order valence-corrected chi connectivity index (χ3v) is 3.14. The van der Waals surface area contributed by atoms with Gasteiger partial charge in [-0.05, 0) is 19.1 Å². The number of hydrogen-bond acceptors (Lipinski definition) is 3. The summed E-state index contributed by atoms with van der Waals surface area (Å²) in [5.41, 5.74) is 2.21. The van der Waals surface area contributed by atoms with Gasteiger partial charge in [-0.2, -0.15) is 0 Å². The molecule has 0 fully saturated rings. The molecule has 1 atom stereocenters. The maximum absolute atomic E-state index is 5.65. The van der Waals surface area contributed by atoms with E-state index in [1.54, 1.807) is 0 Å². The van der Waals surface area contributed by atoms with E-state index in [2.05, 4.69) is 16.0 Å². The summed E-state index contributed by atoms with van der Waals surface area (Å²) in [6.07, 6.45) is 0. The lowest BCUT2D eigenvalue weighted by atomic mass is 10.0. The summed E-state index contributed by atoms with van der Waals surface area (Å²) in [5, 5.41) is 0. The Morgan fingerprint density at radius 3 is 3.06 bits per heavy atom. The number of H-pyrrole nitrogens is 1. The predicted octanol–water partition coefficient (Wildman–Crippen LogP) is 2.97. The van der Waals surface area contributed by atoms with Crippen molar-refractivity contribution in [3.05, 3.63) is 52.1 Å². The Hall–Kier alpha value is -1.68. The van der Waals surface area contributed by atoms with E-state index in [4.69, 9.17) is 17.0 Å². The Morgan fingerprint density at radius 1 is 1.41 bits per heavy atom. The summed E-state index contributed by atoms with van der Waals surface area (Å²) < 4.78 is 6.28. The number of benzene rings is 1. The molecule has 17 heavy (non-hydrogen) atoms. The van der Waals surface area contributed by atoms with Crippen molar-refractivity contribution in [1.82, 2.24) is 9.97 Å². The number of ether oxygens (including phenoxy) is 1. The van der Waals surface area contributed by atoms with Crippen LogP contribution in [0.2, 0.25) is 0 Å². The number of rotatable bonds is 1. The normalized spacial score (nSPS) is 17.6. The van der Waals surface area contributed by atoms with Crippen LogP contribution in [0.25, 0.3) is 0 Å². The van der Waals surface area contributed by atoms with E-state index in [0.29, 0.717) is 11.2 Å². The standard InChI is InChI=1S/C13H12N2OS/c1-8-6-12(17)15-13(14-8)10-7-16-11-5-3-2-4-9(10)11/h2-6,10H,7H2,1H3,(H,14,15,17). The van der Waals surface area contributed by atoms with Gasteiger partial charge in [0.2, 0.25) is 0 Å². The molecule has 0 radical (unpaired) electrons. The molecule has 0 amide bonds. The van der Waals surface area contributed by atoms with Crippen LogP contribution in [-0.2, 0) is 0 Å². The van der Waals surface area contributed by atoms with Gasteiger partial charge in [0.15, 0.2) is 0 Å². The van der Waals surface area contributed by atoms with Crippen molar-refractivity contribution in [1.29, 1.82) is 0 Å². The number of aromatic amines is 1. The summed E-state index contributed by atoms with van der Waals surface area (Å²) in [4.78, 5) is 7.67. The number of nitrogens with zero attached hydrogens (tertiary/aromatic N) is 1. The summed E-state index contributed by atoms with van der Waals surface area (Å²) in [7, 11) is 0. The van der Waals surface area contributed by atoms with Gasteiger partial charge >= 0.3 is 0 Å². The molecule has 1 unspecified atom stereocenters. The zero-order valence-corrected chi connectivity index (χ0v) is 10.3. The molecule has 0 spiro atoms. The lowest BCUT2D eigenvalue weighted by molar-refractivity contribution is 0.339. The fourth-order valence-electron chi connectivity index (χ4n) is 2.16. The first kappa shape index (κ1) is 10.5. The summed E-state index contributed by atoms with van der Waals surface area (Å²) in [6, 6.07) is 9.92. The minimum absolute atomic E-state index is 0.160. The molecule has 2 heterocycles. The molecular weight excluding hydrogens is 232 g/mol. The van der Waals surface area contributed by atoms with Crippen LogP contribution in [-0.4, -0.2) is 16.6 Å². The summed E-state index contributed by atoms with van der Waals surface area (Å²) in [5.74, 6) is 1.99. The fourth-order valence-corrected chi connectivity index (χ4v) is 2.43. The van der Waals surface area contributed by atoms with Crippen molar-refractivity contribution in [2.75, 3.05) is 6.61 Å². The molecule has 3 nitrogen and oxygen atoms in total. The van der Waals surface area contributed by atoms with E-state index in [9.17, 15) is 0 Å². The second kappa shape index (κ2) is 3.96. The first-order chi connectivity index (χ1) is 8.24. The minimum atomic E-state index is 0.160. The molecule has 0 aliphatic carbocycles. The number of hydrogen-bond donors (Lipinski definition) is 1. The minimum Gasteiger partial charge on any atom is -0.492 e. The Morgan fingerprint density at radius 2 is 2.24 bits per heavy atom. The van der Waals surface area contributed by atoms with Gasteiger partial charge in [-0.3, -0.25) is 0 Å². The maximum atomic E-state index is 5.65. The van der Waals surface area contributed by atoms with Crippen molar-refractivity contribution in [3.63, 3.8) is 0 Å². The number of aryl methyl sites for hydroxylation is 1. The molecule has 0 bridgehead atoms. The molecule has 1 N–H and O–H groups in total. The Balaban J connectivity index is 2.10. The van der Waals surface area contributed by atoms with E-state index >= 15 is 0 Å². The zero-order chi connectivity index (χ0) is 11.8. The highest BCUT2D eigenvalue weighted by molar-refractivity contribution is 7.71. The summed E-state index contributed by atoms with van der Waals surface area (Å²) >= 11 is 5.15. The highest BCUT2D eigenvalue weighted by Crippen LogP contribution is 2.36. The molecule has 3 rings (SSSR count). The number of aromatic nitrogens is 2. The Bertz CT molecular complexity index is 621. The predicted molar refractivity (Wildman–Crippen MR) is 67.9 cm³/mol. The molecule has 4 heteroatoms. The number of nitrogens with one attached hydrogen (secondary N) is 1. The SMILES string of the molecule is Cc1cc(=S)nc(C2COc3ccccc32)[nH]1. The van der Waals surface area contributed by atoms with Crippen LogP contribution in [0.3, 0.4) is 0 Å². The van der Waals surface area contributed by atoms with Crippen molar-refractivity contribution >= 4 is 12.2 Å². The molecular formula is C13H12N2OS. The highest BCUT2D eigenvalue weighted by atomic mass is 32.1. The van der Waals surface area contributed by atoms with E-state index in [1.807, 2.05) is 31.2 Å². The lowest BCUT2D eigenvalue weighted by Gasteiger charge is -2.09. The smallest absolute Gasteiger partial charge is 0.130 e. The van der Waals surface area contributed by atoms with Gasteiger partial charge in [0.25, 0.3) is 0 Å². The third-order valence-electron chi connectivity index (χ3n) is 2.93. The first-order valence-corrected chi connectivity index (χ1v) is 5.94. The second-order valence-corrected chi connectivity index (χ2v) is 4.61. The van der Waals surface area contributed by atoms with Gasteiger partial charge in [0, 0.05) is 11.3 Å². The van der Waals surface area contributed by atoms with Crippen molar-refractivity contribution in [2.24, 2.45) is 0 Å². The van der Waals surface area contributed by atoms with Crippen LogP contribution in [0.15, 0.2) is 30.3 Å². The molecule has 0 saturated heterocycles. The van der Waals surface area contributed by atoms with Gasteiger partial charge in [-0.15, -0.1) is 0 Å². The van der Waals surface area contributed by atoms with E-state index in [0.717, 1.165) is 17.3 Å². The van der Waals surface area contributed by atoms with Crippen LogP contribution in [0.4, 0.5) is 0 Å². The van der Waals surface area contributed by atoms with Gasteiger partial charge in [-0.1, -0.05) is 30.4 Å². The van der Waals surface area contributed by atoms with E-state index in [1.165, 1.54) is 5.56 Å². The zero-order valence-electron chi connectivity index (χ0n) is 9.43. The van der Waals surface area contributed by atoms with Gasteiger partial charge in [0.05, 0.1) is 5.92 Å². The van der Waals surface area contributed by atoms with Crippen LogP contribution in [0, 0.1) is 11.6 Å². The molecule has 2 aromatic rings. The Kier molecular flexibility index (Phi) is 2.44. The average Bonchev–Trinajstić information content (AvgIpc) is 2.71. The molecule has 0 saturated carbocycles.